The molecule has 2 rings (SSSR count). The van der Waals surface area contributed by atoms with Crippen molar-refractivity contribution in [2.45, 2.75) is 13.1 Å². The van der Waals surface area contributed by atoms with E-state index in [0.717, 1.165) is 29.3 Å². The Morgan fingerprint density at radius 1 is 1.20 bits per heavy atom. The first-order valence-electron chi connectivity index (χ1n) is 6.06. The number of rotatable bonds is 5. The topological polar surface area (TPSA) is 81.2 Å². The predicted octanol–water partition coefficient (Wildman–Crippen LogP) is 2.80. The molecule has 0 saturated carbocycles. The Morgan fingerprint density at radius 2 is 1.90 bits per heavy atom. The van der Waals surface area contributed by atoms with Crippen molar-refractivity contribution < 1.29 is 9.31 Å². The van der Waals surface area contributed by atoms with Crippen molar-refractivity contribution in [3.05, 3.63) is 69.5 Å². The minimum absolute atomic E-state index is 0.154. The molecule has 6 heteroatoms. The summed E-state index contributed by atoms with van der Waals surface area (Å²) in [5.74, 6) is -0.523. The van der Waals surface area contributed by atoms with Crippen LogP contribution in [-0.2, 0) is 13.1 Å². The lowest BCUT2D eigenvalue weighted by molar-refractivity contribution is -0.384. The zero-order chi connectivity index (χ0) is 14.5. The summed E-state index contributed by atoms with van der Waals surface area (Å²) >= 11 is 0. The van der Waals surface area contributed by atoms with E-state index < -0.39 is 10.7 Å². The second-order valence-electron chi connectivity index (χ2n) is 4.24. The third-order valence-electron chi connectivity index (χ3n) is 2.96. The highest BCUT2D eigenvalue weighted by Crippen LogP contribution is 2.25. The van der Waals surface area contributed by atoms with Crippen molar-refractivity contribution in [3.63, 3.8) is 0 Å². The molecule has 0 aliphatic heterocycles. The summed E-state index contributed by atoms with van der Waals surface area (Å²) in [6, 6.07) is 10.8. The molecular weight excluding hydrogens is 261 g/mol. The monoisotopic (exact) mass is 275 g/mol. The zero-order valence-electron chi connectivity index (χ0n) is 10.7. The fraction of sp³-hybridized carbons (Fsp3) is 0.143. The van der Waals surface area contributed by atoms with Gasteiger partial charge in [-0.15, -0.1) is 0 Å². The van der Waals surface area contributed by atoms with Crippen molar-refractivity contribution in [1.29, 1.82) is 0 Å². The lowest BCUT2D eigenvalue weighted by atomic mass is 10.1. The normalized spacial score (nSPS) is 10.3. The third kappa shape index (κ3) is 3.10. The molecule has 0 spiro atoms. The Hall–Kier alpha value is -2.47. The van der Waals surface area contributed by atoms with E-state index in [0.29, 0.717) is 13.1 Å². The summed E-state index contributed by atoms with van der Waals surface area (Å²) in [7, 11) is 0. The van der Waals surface area contributed by atoms with Gasteiger partial charge in [-0.05, 0) is 17.2 Å². The highest BCUT2D eigenvalue weighted by molar-refractivity contribution is 5.61. The molecule has 0 unspecified atom stereocenters. The Balaban J connectivity index is 2.22. The van der Waals surface area contributed by atoms with Crippen LogP contribution in [0.15, 0.2) is 42.5 Å². The van der Waals surface area contributed by atoms with Crippen LogP contribution >= 0.6 is 0 Å². The van der Waals surface area contributed by atoms with Crippen LogP contribution in [0.4, 0.5) is 15.8 Å². The summed E-state index contributed by atoms with van der Waals surface area (Å²) < 4.78 is 13.2. The Bertz CT molecular complexity index is 632. The van der Waals surface area contributed by atoms with Crippen molar-refractivity contribution >= 4 is 11.4 Å². The van der Waals surface area contributed by atoms with Gasteiger partial charge in [0.2, 0.25) is 0 Å². The largest absolute Gasteiger partial charge is 0.375 e. The fourth-order valence-electron chi connectivity index (χ4n) is 1.93. The van der Waals surface area contributed by atoms with Crippen LogP contribution in [0.2, 0.25) is 0 Å². The van der Waals surface area contributed by atoms with Crippen LogP contribution in [0.5, 0.6) is 0 Å². The number of nitrogens with two attached hydrogens (primary N) is 1. The standard InChI is InChI=1S/C14H14FN3O2/c15-12-5-6-14(18(19)20)13(7-12)17-9-11-4-2-1-3-10(11)8-16/h1-7,17H,8-9,16H2. The molecule has 0 aliphatic rings. The van der Waals surface area contributed by atoms with Crippen molar-refractivity contribution in [3.8, 4) is 0 Å². The number of nitrogens with zero attached hydrogens (tertiary/aromatic N) is 1. The number of nitro groups is 1. The first kappa shape index (κ1) is 14.0. The number of anilines is 1. The molecule has 0 aromatic heterocycles. The molecule has 2 aromatic rings. The van der Waals surface area contributed by atoms with E-state index in [2.05, 4.69) is 5.32 Å². The van der Waals surface area contributed by atoms with Crippen LogP contribution in [0, 0.1) is 15.9 Å². The molecule has 2 aromatic carbocycles. The van der Waals surface area contributed by atoms with Crippen molar-refractivity contribution in [2.75, 3.05) is 5.32 Å². The summed E-state index contributed by atoms with van der Waals surface area (Å²) in [5, 5.41) is 13.8. The summed E-state index contributed by atoms with van der Waals surface area (Å²) in [5.41, 5.74) is 7.49. The van der Waals surface area contributed by atoms with Gasteiger partial charge in [0.15, 0.2) is 0 Å². The SMILES string of the molecule is NCc1ccccc1CNc1cc(F)ccc1[N+](=O)[O-]. The maximum Gasteiger partial charge on any atom is 0.292 e. The molecule has 0 bridgehead atoms. The van der Waals surface area contributed by atoms with Gasteiger partial charge in [0.25, 0.3) is 5.69 Å². The molecule has 0 atom stereocenters. The first-order chi connectivity index (χ1) is 9.61. The fourth-order valence-corrected chi connectivity index (χ4v) is 1.93. The zero-order valence-corrected chi connectivity index (χ0v) is 10.7. The molecule has 20 heavy (non-hydrogen) atoms. The predicted molar refractivity (Wildman–Crippen MR) is 74.7 cm³/mol. The smallest absolute Gasteiger partial charge is 0.292 e. The second-order valence-corrected chi connectivity index (χ2v) is 4.24. The molecule has 0 heterocycles. The first-order valence-corrected chi connectivity index (χ1v) is 6.06. The molecule has 0 aliphatic carbocycles. The van der Waals surface area contributed by atoms with E-state index in [4.69, 9.17) is 5.73 Å². The van der Waals surface area contributed by atoms with E-state index in [1.54, 1.807) is 0 Å². The molecular formula is C14H14FN3O2. The average Bonchev–Trinajstić information content (AvgIpc) is 2.45. The number of halogens is 1. The summed E-state index contributed by atoms with van der Waals surface area (Å²) in [6.07, 6.45) is 0. The van der Waals surface area contributed by atoms with Crippen LogP contribution in [0.25, 0.3) is 0 Å². The number of hydrogen-bond donors (Lipinski definition) is 2. The average molecular weight is 275 g/mol. The number of nitro benzene ring substituents is 1. The van der Waals surface area contributed by atoms with E-state index in [1.165, 1.54) is 0 Å². The second kappa shape index (κ2) is 6.12. The molecule has 0 radical (unpaired) electrons. The molecule has 3 N–H and O–H groups in total. The van der Waals surface area contributed by atoms with Gasteiger partial charge in [-0.25, -0.2) is 4.39 Å². The van der Waals surface area contributed by atoms with Crippen LogP contribution in [0.1, 0.15) is 11.1 Å². The Labute approximate surface area is 115 Å². The number of hydrogen-bond acceptors (Lipinski definition) is 4. The number of benzene rings is 2. The van der Waals surface area contributed by atoms with Gasteiger partial charge in [0, 0.05) is 25.2 Å². The van der Waals surface area contributed by atoms with Crippen LogP contribution in [0.3, 0.4) is 0 Å². The summed E-state index contributed by atoms with van der Waals surface area (Å²) in [6.45, 7) is 0.723. The van der Waals surface area contributed by atoms with Gasteiger partial charge in [0.05, 0.1) is 4.92 Å². The van der Waals surface area contributed by atoms with Crippen LogP contribution in [-0.4, -0.2) is 4.92 Å². The highest BCUT2D eigenvalue weighted by atomic mass is 19.1. The van der Waals surface area contributed by atoms with Crippen molar-refractivity contribution in [1.82, 2.24) is 0 Å². The highest BCUT2D eigenvalue weighted by Gasteiger charge is 2.14. The van der Waals surface area contributed by atoms with Gasteiger partial charge < -0.3 is 11.1 Å². The summed E-state index contributed by atoms with van der Waals surface area (Å²) in [4.78, 5) is 10.3. The molecule has 0 saturated heterocycles. The maximum absolute atomic E-state index is 13.2. The van der Waals surface area contributed by atoms with E-state index in [1.807, 2.05) is 24.3 Å². The van der Waals surface area contributed by atoms with Gasteiger partial charge in [-0.1, -0.05) is 24.3 Å². The van der Waals surface area contributed by atoms with E-state index in [9.17, 15) is 14.5 Å². The molecule has 104 valence electrons. The van der Waals surface area contributed by atoms with E-state index >= 15 is 0 Å². The minimum atomic E-state index is -0.545. The lowest BCUT2D eigenvalue weighted by Crippen LogP contribution is -2.07. The van der Waals surface area contributed by atoms with E-state index in [-0.39, 0.29) is 11.4 Å². The quantitative estimate of drug-likeness (QED) is 0.649. The third-order valence-corrected chi connectivity index (χ3v) is 2.96. The molecule has 0 amide bonds. The van der Waals surface area contributed by atoms with Gasteiger partial charge in [-0.3, -0.25) is 10.1 Å². The lowest BCUT2D eigenvalue weighted by Gasteiger charge is -2.10. The van der Waals surface area contributed by atoms with Gasteiger partial charge in [-0.2, -0.15) is 0 Å². The van der Waals surface area contributed by atoms with Crippen molar-refractivity contribution in [2.24, 2.45) is 5.73 Å². The van der Waals surface area contributed by atoms with Gasteiger partial charge in [0.1, 0.15) is 11.5 Å². The Morgan fingerprint density at radius 3 is 2.55 bits per heavy atom. The number of nitrogens with one attached hydrogen (secondary N) is 1. The maximum atomic E-state index is 13.2. The van der Waals surface area contributed by atoms with Crippen LogP contribution < -0.4 is 11.1 Å². The molecule has 0 fully saturated rings. The van der Waals surface area contributed by atoms with Gasteiger partial charge >= 0.3 is 0 Å². The Kier molecular flexibility index (Phi) is 4.27. The minimum Gasteiger partial charge on any atom is -0.375 e. The molecule has 5 nitrogen and oxygen atoms in total.